The van der Waals surface area contributed by atoms with Gasteiger partial charge in [-0.3, -0.25) is 9.88 Å². The van der Waals surface area contributed by atoms with Crippen molar-refractivity contribution in [2.24, 2.45) is 0 Å². The minimum absolute atomic E-state index is 0.158. The Labute approximate surface area is 132 Å². The third-order valence-electron chi connectivity index (χ3n) is 4.29. The minimum Gasteiger partial charge on any atom is -0.444 e. The number of nitrogens with zero attached hydrogens (tertiary/aromatic N) is 2. The number of rotatable bonds is 1. The van der Waals surface area contributed by atoms with E-state index in [0.717, 1.165) is 19.3 Å². The van der Waals surface area contributed by atoms with Crippen LogP contribution in [0.3, 0.4) is 0 Å². The molecule has 3 rings (SSSR count). The Kier molecular flexibility index (Phi) is 3.94. The molecule has 2 atom stereocenters. The van der Waals surface area contributed by atoms with Crippen molar-refractivity contribution in [3.63, 3.8) is 0 Å². The second-order valence-corrected chi connectivity index (χ2v) is 7.17. The molecule has 0 spiro atoms. The summed E-state index contributed by atoms with van der Waals surface area (Å²) in [6, 6.07) is 4.50. The average molecular weight is 300 g/mol. The molecule has 22 heavy (non-hydrogen) atoms. The van der Waals surface area contributed by atoms with Crippen LogP contribution >= 0.6 is 0 Å². The lowest BCUT2D eigenvalue weighted by molar-refractivity contribution is 0.0000859. The molecule has 0 radical (unpaired) electrons. The third kappa shape index (κ3) is 3.16. The normalized spacial score (nSPS) is 24.7. The van der Waals surface area contributed by atoms with Gasteiger partial charge in [0.2, 0.25) is 0 Å². The highest BCUT2D eigenvalue weighted by Crippen LogP contribution is 2.37. The van der Waals surface area contributed by atoms with Crippen LogP contribution in [0.5, 0.6) is 0 Å². The molecule has 4 nitrogen and oxygen atoms in total. The third-order valence-corrected chi connectivity index (χ3v) is 4.29. The van der Waals surface area contributed by atoms with Crippen LogP contribution in [0.25, 0.3) is 5.57 Å². The zero-order valence-electron chi connectivity index (χ0n) is 13.6. The Morgan fingerprint density at radius 3 is 2.64 bits per heavy atom. The largest absolute Gasteiger partial charge is 0.444 e. The molecule has 1 fully saturated rings. The van der Waals surface area contributed by atoms with Crippen LogP contribution in [0.1, 0.15) is 52.0 Å². The molecule has 0 aliphatic carbocycles. The highest BCUT2D eigenvalue weighted by molar-refractivity contribution is 5.74. The first-order valence-electron chi connectivity index (χ1n) is 8.06. The standard InChI is InChI=1S/C18H24N2O2/c1-18(2,3)22-17(21)20-15-5-4-6-16(20)12-14(11-15)13-7-9-19-10-8-13/h7-11,15-16H,4-6,12H2,1-3H3. The Bertz CT molecular complexity index is 574. The maximum absolute atomic E-state index is 12.5. The fourth-order valence-electron chi connectivity index (χ4n) is 3.41. The number of pyridine rings is 1. The number of carbonyl (C=O) groups is 1. The second kappa shape index (κ2) is 5.75. The van der Waals surface area contributed by atoms with E-state index in [-0.39, 0.29) is 18.2 Å². The van der Waals surface area contributed by atoms with E-state index in [9.17, 15) is 4.79 Å². The van der Waals surface area contributed by atoms with Gasteiger partial charge in [-0.25, -0.2) is 4.79 Å². The molecule has 2 aliphatic heterocycles. The Morgan fingerprint density at radius 1 is 1.27 bits per heavy atom. The van der Waals surface area contributed by atoms with Gasteiger partial charge in [0.15, 0.2) is 0 Å². The van der Waals surface area contributed by atoms with Gasteiger partial charge >= 0.3 is 6.09 Å². The fraction of sp³-hybridized carbons (Fsp3) is 0.556. The lowest BCUT2D eigenvalue weighted by Gasteiger charge is -2.45. The van der Waals surface area contributed by atoms with Crippen molar-refractivity contribution in [2.45, 2.75) is 64.1 Å². The summed E-state index contributed by atoms with van der Waals surface area (Å²) >= 11 is 0. The molecule has 1 aromatic heterocycles. The van der Waals surface area contributed by atoms with Crippen molar-refractivity contribution in [1.29, 1.82) is 0 Å². The van der Waals surface area contributed by atoms with Gasteiger partial charge in [-0.05, 0) is 69.7 Å². The van der Waals surface area contributed by atoms with Gasteiger partial charge in [-0.15, -0.1) is 0 Å². The summed E-state index contributed by atoms with van der Waals surface area (Å²) < 4.78 is 5.60. The van der Waals surface area contributed by atoms with Crippen LogP contribution in [0, 0.1) is 0 Å². The van der Waals surface area contributed by atoms with Crippen molar-refractivity contribution >= 4 is 11.7 Å². The zero-order valence-corrected chi connectivity index (χ0v) is 13.6. The number of hydrogen-bond acceptors (Lipinski definition) is 3. The fourth-order valence-corrected chi connectivity index (χ4v) is 3.41. The summed E-state index contributed by atoms with van der Waals surface area (Å²) in [4.78, 5) is 18.6. The molecule has 0 saturated carbocycles. The monoisotopic (exact) mass is 300 g/mol. The molecular weight excluding hydrogens is 276 g/mol. The summed E-state index contributed by atoms with van der Waals surface area (Å²) in [5, 5.41) is 0. The molecule has 1 saturated heterocycles. The van der Waals surface area contributed by atoms with Crippen LogP contribution in [0.2, 0.25) is 0 Å². The van der Waals surface area contributed by atoms with Gasteiger partial charge in [0.25, 0.3) is 0 Å². The van der Waals surface area contributed by atoms with Crippen molar-refractivity contribution in [3.05, 3.63) is 36.2 Å². The van der Waals surface area contributed by atoms with Gasteiger partial charge in [-0.1, -0.05) is 6.08 Å². The Balaban J connectivity index is 1.84. The molecular formula is C18H24N2O2. The zero-order chi connectivity index (χ0) is 15.7. The van der Waals surface area contributed by atoms with Crippen molar-refractivity contribution in [3.8, 4) is 0 Å². The highest BCUT2D eigenvalue weighted by atomic mass is 16.6. The van der Waals surface area contributed by atoms with E-state index in [2.05, 4.69) is 11.1 Å². The van der Waals surface area contributed by atoms with E-state index in [4.69, 9.17) is 4.74 Å². The van der Waals surface area contributed by atoms with Crippen LogP contribution in [0.15, 0.2) is 30.6 Å². The number of hydrogen-bond donors (Lipinski definition) is 0. The van der Waals surface area contributed by atoms with Gasteiger partial charge in [0, 0.05) is 18.4 Å². The maximum atomic E-state index is 12.5. The predicted octanol–water partition coefficient (Wildman–Crippen LogP) is 4.03. The van der Waals surface area contributed by atoms with E-state index < -0.39 is 5.60 Å². The van der Waals surface area contributed by atoms with Crippen LogP contribution < -0.4 is 0 Å². The summed E-state index contributed by atoms with van der Waals surface area (Å²) in [5.74, 6) is 0. The molecule has 0 N–H and O–H groups in total. The van der Waals surface area contributed by atoms with Crippen LogP contribution in [-0.2, 0) is 4.74 Å². The molecule has 3 heterocycles. The van der Waals surface area contributed by atoms with Gasteiger partial charge in [0.1, 0.15) is 5.60 Å². The Morgan fingerprint density at radius 2 is 2.00 bits per heavy atom. The molecule has 2 unspecified atom stereocenters. The van der Waals surface area contributed by atoms with E-state index in [1.54, 1.807) is 0 Å². The number of fused-ring (bicyclic) bond motifs is 2. The van der Waals surface area contributed by atoms with E-state index >= 15 is 0 Å². The van der Waals surface area contributed by atoms with Gasteiger partial charge in [-0.2, -0.15) is 0 Å². The lowest BCUT2D eigenvalue weighted by Crippen LogP contribution is -2.53. The summed E-state index contributed by atoms with van der Waals surface area (Å²) in [6.45, 7) is 5.76. The second-order valence-electron chi connectivity index (χ2n) is 7.17. The first kappa shape index (κ1) is 15.1. The molecule has 0 aromatic carbocycles. The number of carbonyl (C=O) groups excluding carboxylic acids is 1. The predicted molar refractivity (Wildman–Crippen MR) is 86.3 cm³/mol. The number of piperidine rings is 1. The van der Waals surface area contributed by atoms with Crippen molar-refractivity contribution in [2.75, 3.05) is 0 Å². The molecule has 1 amide bonds. The average Bonchev–Trinajstić information content (AvgIpc) is 2.45. The quantitative estimate of drug-likeness (QED) is 0.786. The molecule has 118 valence electrons. The molecule has 4 heteroatoms. The number of amides is 1. The smallest absolute Gasteiger partial charge is 0.411 e. The van der Waals surface area contributed by atoms with Crippen LogP contribution in [-0.4, -0.2) is 33.7 Å². The maximum Gasteiger partial charge on any atom is 0.411 e. The Hall–Kier alpha value is -1.84. The lowest BCUT2D eigenvalue weighted by atomic mass is 9.83. The summed E-state index contributed by atoms with van der Waals surface area (Å²) in [7, 11) is 0. The van der Waals surface area contributed by atoms with Crippen molar-refractivity contribution in [1.82, 2.24) is 9.88 Å². The van der Waals surface area contributed by atoms with Gasteiger partial charge < -0.3 is 4.74 Å². The summed E-state index contributed by atoms with van der Waals surface area (Å²) in [6.07, 6.45) is 9.87. The number of aromatic nitrogens is 1. The van der Waals surface area contributed by atoms with E-state index in [1.165, 1.54) is 17.6 Å². The molecule has 1 aromatic rings. The minimum atomic E-state index is -0.444. The van der Waals surface area contributed by atoms with Gasteiger partial charge in [0.05, 0.1) is 6.04 Å². The number of ether oxygens (including phenoxy) is 1. The molecule has 2 aliphatic rings. The summed E-state index contributed by atoms with van der Waals surface area (Å²) in [5.41, 5.74) is 2.10. The first-order valence-corrected chi connectivity index (χ1v) is 8.06. The highest BCUT2D eigenvalue weighted by Gasteiger charge is 2.39. The van der Waals surface area contributed by atoms with Crippen molar-refractivity contribution < 1.29 is 9.53 Å². The van der Waals surface area contributed by atoms with E-state index in [0.29, 0.717) is 0 Å². The topological polar surface area (TPSA) is 42.4 Å². The SMILES string of the molecule is CC(C)(C)OC(=O)N1C2C=C(c3ccncc3)CC1CCC2. The van der Waals surface area contributed by atoms with Crippen LogP contribution in [0.4, 0.5) is 4.79 Å². The first-order chi connectivity index (χ1) is 10.4. The molecule has 2 bridgehead atoms. The van der Waals surface area contributed by atoms with E-state index in [1.807, 2.05) is 50.2 Å².